The molecule has 18 heavy (non-hydrogen) atoms. The number of hydrogen-bond donors (Lipinski definition) is 1. The number of halogens is 4. The quantitative estimate of drug-likeness (QED) is 0.834. The number of benzene rings is 1. The van der Waals surface area contributed by atoms with Gasteiger partial charge in [0, 0.05) is 6.20 Å². The van der Waals surface area contributed by atoms with Crippen LogP contribution < -0.4 is 5.32 Å². The molecule has 0 unspecified atom stereocenters. The zero-order chi connectivity index (χ0) is 13.8. The third-order valence-electron chi connectivity index (χ3n) is 1.91. The molecule has 1 N–H and O–H groups in total. The molecule has 0 aliphatic heterocycles. The first-order chi connectivity index (χ1) is 8.38. The maximum atomic E-state index is 12.4. The van der Waals surface area contributed by atoms with Crippen molar-refractivity contribution in [1.29, 1.82) is 10.5 Å². The number of nitrogens with one attached hydrogen (secondary N) is 1. The highest BCUT2D eigenvalue weighted by molar-refractivity contribution is 6.33. The maximum Gasteiger partial charge on any atom is 0.416 e. The van der Waals surface area contributed by atoms with Crippen LogP contribution in [0, 0.1) is 22.7 Å². The van der Waals surface area contributed by atoms with E-state index in [0.717, 1.165) is 24.4 Å². The van der Waals surface area contributed by atoms with Crippen molar-refractivity contribution >= 4 is 17.3 Å². The summed E-state index contributed by atoms with van der Waals surface area (Å²) in [6.07, 6.45) is -3.50. The maximum absolute atomic E-state index is 12.4. The van der Waals surface area contributed by atoms with E-state index in [9.17, 15) is 13.2 Å². The van der Waals surface area contributed by atoms with Gasteiger partial charge in [0.25, 0.3) is 0 Å². The molecule has 0 atom stereocenters. The summed E-state index contributed by atoms with van der Waals surface area (Å²) in [5.41, 5.74) is -1.18. The van der Waals surface area contributed by atoms with E-state index in [1.54, 1.807) is 12.1 Å². The lowest BCUT2D eigenvalue weighted by atomic mass is 10.2. The van der Waals surface area contributed by atoms with Crippen molar-refractivity contribution in [2.24, 2.45) is 0 Å². The summed E-state index contributed by atoms with van der Waals surface area (Å²) in [5, 5.41) is 19.4. The van der Waals surface area contributed by atoms with Gasteiger partial charge in [0.2, 0.25) is 0 Å². The fourth-order valence-corrected chi connectivity index (χ4v) is 1.22. The van der Waals surface area contributed by atoms with Gasteiger partial charge in [-0.05, 0) is 18.2 Å². The van der Waals surface area contributed by atoms with E-state index in [1.165, 1.54) is 0 Å². The number of hydrogen-bond acceptors (Lipinski definition) is 3. The molecule has 0 amide bonds. The number of nitrogens with zero attached hydrogens (tertiary/aromatic N) is 2. The highest BCUT2D eigenvalue weighted by atomic mass is 35.5. The molecular formula is C11H5ClF3N3. The molecule has 3 nitrogen and oxygen atoms in total. The Labute approximate surface area is 106 Å². The van der Waals surface area contributed by atoms with Crippen LogP contribution >= 0.6 is 11.6 Å². The first kappa shape index (κ1) is 13.9. The summed E-state index contributed by atoms with van der Waals surface area (Å²) in [7, 11) is 0. The van der Waals surface area contributed by atoms with Crippen molar-refractivity contribution in [2.45, 2.75) is 6.18 Å². The summed E-state index contributed by atoms with van der Waals surface area (Å²) < 4.78 is 37.3. The molecule has 1 aromatic carbocycles. The third-order valence-corrected chi connectivity index (χ3v) is 2.24. The Kier molecular flexibility index (Phi) is 4.19. The summed E-state index contributed by atoms with van der Waals surface area (Å²) in [4.78, 5) is 0. The number of allylic oxidation sites excluding steroid dienone is 1. The van der Waals surface area contributed by atoms with E-state index in [-0.39, 0.29) is 16.3 Å². The molecule has 0 aliphatic carbocycles. The minimum Gasteiger partial charge on any atom is -0.359 e. The average Bonchev–Trinajstić information content (AvgIpc) is 2.31. The fraction of sp³-hybridized carbons (Fsp3) is 0.0909. The van der Waals surface area contributed by atoms with E-state index < -0.39 is 11.7 Å². The third kappa shape index (κ3) is 3.41. The summed E-state index contributed by atoms with van der Waals surface area (Å²) in [5.74, 6) is 0. The fourth-order valence-electron chi connectivity index (χ4n) is 1.05. The van der Waals surface area contributed by atoms with Crippen LogP contribution in [0.2, 0.25) is 5.02 Å². The van der Waals surface area contributed by atoms with Gasteiger partial charge < -0.3 is 5.32 Å². The van der Waals surface area contributed by atoms with Gasteiger partial charge in [0.05, 0.1) is 16.3 Å². The van der Waals surface area contributed by atoms with Crippen molar-refractivity contribution in [2.75, 3.05) is 5.32 Å². The Balaban J connectivity index is 3.08. The average molecular weight is 272 g/mol. The Hall–Kier alpha value is -2.18. The lowest BCUT2D eigenvalue weighted by Gasteiger charge is -2.10. The largest absolute Gasteiger partial charge is 0.416 e. The summed E-state index contributed by atoms with van der Waals surface area (Å²) >= 11 is 5.69. The van der Waals surface area contributed by atoms with Gasteiger partial charge in [-0.1, -0.05) is 11.6 Å². The van der Waals surface area contributed by atoms with Crippen LogP contribution in [-0.2, 0) is 6.18 Å². The van der Waals surface area contributed by atoms with Gasteiger partial charge in [0.15, 0.2) is 0 Å². The van der Waals surface area contributed by atoms with Crippen LogP contribution in [0.4, 0.5) is 18.9 Å². The topological polar surface area (TPSA) is 59.6 Å². The minimum absolute atomic E-state index is 0.0329. The number of anilines is 1. The molecule has 0 bridgehead atoms. The predicted octanol–water partition coefficient (Wildman–Crippen LogP) is 3.70. The molecule has 0 heterocycles. The SMILES string of the molecule is N#CC(C#N)=CNc1cc(C(F)(F)F)ccc1Cl. The normalized spacial score (nSPS) is 10.1. The molecule has 0 radical (unpaired) electrons. The predicted molar refractivity (Wildman–Crippen MR) is 59.4 cm³/mol. The first-order valence-electron chi connectivity index (χ1n) is 4.52. The van der Waals surface area contributed by atoms with Crippen molar-refractivity contribution in [3.8, 4) is 12.1 Å². The highest BCUT2D eigenvalue weighted by Crippen LogP contribution is 2.33. The van der Waals surface area contributed by atoms with E-state index in [1.807, 2.05) is 0 Å². The number of nitriles is 2. The van der Waals surface area contributed by atoms with Gasteiger partial charge >= 0.3 is 6.18 Å². The monoisotopic (exact) mass is 271 g/mol. The standard InChI is InChI=1S/C11H5ClF3N3/c12-9-2-1-8(11(13,14)15)3-10(9)18-6-7(4-16)5-17/h1-3,6,18H. The second-order valence-corrected chi connectivity index (χ2v) is 3.53. The molecule has 0 aliphatic rings. The molecule has 1 rings (SSSR count). The molecule has 0 saturated heterocycles. The number of alkyl halides is 3. The molecule has 7 heteroatoms. The minimum atomic E-state index is -4.49. The Morgan fingerprint density at radius 2 is 1.89 bits per heavy atom. The van der Waals surface area contributed by atoms with Crippen LogP contribution in [0.3, 0.4) is 0 Å². The van der Waals surface area contributed by atoms with Crippen LogP contribution in [0.25, 0.3) is 0 Å². The number of rotatable bonds is 2. The molecule has 92 valence electrons. The molecule has 1 aromatic rings. The van der Waals surface area contributed by atoms with Crippen LogP contribution in [0.15, 0.2) is 30.0 Å². The van der Waals surface area contributed by atoms with Gasteiger partial charge in [-0.2, -0.15) is 23.7 Å². The first-order valence-corrected chi connectivity index (χ1v) is 4.90. The zero-order valence-electron chi connectivity index (χ0n) is 8.72. The summed E-state index contributed by atoms with van der Waals surface area (Å²) in [6, 6.07) is 5.84. The zero-order valence-corrected chi connectivity index (χ0v) is 9.47. The second-order valence-electron chi connectivity index (χ2n) is 3.12. The van der Waals surface area contributed by atoms with E-state index in [0.29, 0.717) is 0 Å². The Morgan fingerprint density at radius 1 is 1.28 bits per heavy atom. The van der Waals surface area contributed by atoms with Gasteiger partial charge in [-0.25, -0.2) is 0 Å². The molecule has 0 fully saturated rings. The van der Waals surface area contributed by atoms with Gasteiger partial charge in [-0.15, -0.1) is 0 Å². The van der Waals surface area contributed by atoms with Crippen LogP contribution in [0.5, 0.6) is 0 Å². The molecular weight excluding hydrogens is 267 g/mol. The second kappa shape index (κ2) is 5.44. The lowest BCUT2D eigenvalue weighted by molar-refractivity contribution is -0.137. The van der Waals surface area contributed by atoms with Crippen molar-refractivity contribution in [3.05, 3.63) is 40.6 Å². The van der Waals surface area contributed by atoms with Gasteiger partial charge in [0.1, 0.15) is 17.7 Å². The van der Waals surface area contributed by atoms with Crippen molar-refractivity contribution in [3.63, 3.8) is 0 Å². The Morgan fingerprint density at radius 3 is 2.39 bits per heavy atom. The molecule has 0 aromatic heterocycles. The van der Waals surface area contributed by atoms with Crippen LogP contribution in [-0.4, -0.2) is 0 Å². The van der Waals surface area contributed by atoms with Crippen molar-refractivity contribution < 1.29 is 13.2 Å². The van der Waals surface area contributed by atoms with Crippen molar-refractivity contribution in [1.82, 2.24) is 0 Å². The molecule has 0 spiro atoms. The van der Waals surface area contributed by atoms with Crippen LogP contribution in [0.1, 0.15) is 5.56 Å². The lowest BCUT2D eigenvalue weighted by Crippen LogP contribution is -2.05. The highest BCUT2D eigenvalue weighted by Gasteiger charge is 2.30. The van der Waals surface area contributed by atoms with E-state index in [2.05, 4.69) is 5.32 Å². The smallest absolute Gasteiger partial charge is 0.359 e. The Bertz CT molecular complexity index is 548. The van der Waals surface area contributed by atoms with E-state index >= 15 is 0 Å². The molecule has 0 saturated carbocycles. The van der Waals surface area contributed by atoms with Gasteiger partial charge in [-0.3, -0.25) is 0 Å². The van der Waals surface area contributed by atoms with E-state index in [4.69, 9.17) is 22.1 Å². The summed E-state index contributed by atoms with van der Waals surface area (Å²) in [6.45, 7) is 0.